The van der Waals surface area contributed by atoms with E-state index in [0.717, 1.165) is 0 Å². The third kappa shape index (κ3) is 0.787. The van der Waals surface area contributed by atoms with Gasteiger partial charge in [-0.1, -0.05) is 0 Å². The van der Waals surface area contributed by atoms with E-state index in [-0.39, 0.29) is 12.3 Å². The van der Waals surface area contributed by atoms with Crippen molar-refractivity contribution in [2.24, 2.45) is 22.2 Å². The van der Waals surface area contributed by atoms with E-state index < -0.39 is 23.3 Å². The Hall–Kier alpha value is -1.39. The second-order valence-electron chi connectivity index (χ2n) is 3.59. The lowest BCUT2D eigenvalue weighted by Crippen LogP contribution is -2.57. The average Bonchev–Trinajstić information content (AvgIpc) is 2.32. The number of hydrogen-bond donors (Lipinski definition) is 2. The van der Waals surface area contributed by atoms with E-state index in [0.29, 0.717) is 6.54 Å². The molecule has 1 fully saturated rings. The average molecular weight is 183 g/mol. The molecule has 1 aliphatic heterocycles. The van der Waals surface area contributed by atoms with Gasteiger partial charge in [0, 0.05) is 18.7 Å². The second kappa shape index (κ2) is 2.31. The quantitative estimate of drug-likeness (QED) is 0.583. The van der Waals surface area contributed by atoms with Gasteiger partial charge in [-0.2, -0.15) is 0 Å². The largest absolute Gasteiger partial charge is 0.480 e. The molecule has 0 amide bonds. The Kier molecular flexibility index (Phi) is 1.46. The van der Waals surface area contributed by atoms with Crippen LogP contribution in [0, 0.1) is 17.3 Å². The molecule has 5 nitrogen and oxygen atoms in total. The van der Waals surface area contributed by atoms with Crippen molar-refractivity contribution in [1.82, 2.24) is 0 Å². The van der Waals surface area contributed by atoms with E-state index in [2.05, 4.69) is 4.99 Å². The van der Waals surface area contributed by atoms with Crippen LogP contribution in [0.25, 0.3) is 0 Å². The molecule has 1 heterocycles. The molecule has 0 aromatic carbocycles. The molecule has 0 saturated heterocycles. The molecule has 0 aromatic heterocycles. The number of fused-ring (bicyclic) bond motifs is 1. The van der Waals surface area contributed by atoms with E-state index in [4.69, 9.17) is 10.2 Å². The molecule has 2 atom stereocenters. The molecular weight excluding hydrogens is 174 g/mol. The fraction of sp³-hybridized carbons (Fsp3) is 0.625. The van der Waals surface area contributed by atoms with Crippen LogP contribution in [0.3, 0.4) is 0 Å². The van der Waals surface area contributed by atoms with Gasteiger partial charge in [-0.05, 0) is 12.3 Å². The Morgan fingerprint density at radius 1 is 1.38 bits per heavy atom. The van der Waals surface area contributed by atoms with Crippen LogP contribution in [0.1, 0.15) is 6.42 Å². The number of nitrogens with zero attached hydrogens (tertiary/aromatic N) is 1. The minimum Gasteiger partial charge on any atom is -0.480 e. The zero-order valence-corrected chi connectivity index (χ0v) is 6.80. The van der Waals surface area contributed by atoms with Crippen molar-refractivity contribution < 1.29 is 19.8 Å². The van der Waals surface area contributed by atoms with Crippen molar-refractivity contribution in [2.45, 2.75) is 6.42 Å². The van der Waals surface area contributed by atoms with Gasteiger partial charge in [-0.25, -0.2) is 0 Å². The highest BCUT2D eigenvalue weighted by Crippen LogP contribution is 2.52. The van der Waals surface area contributed by atoms with E-state index in [9.17, 15) is 9.59 Å². The van der Waals surface area contributed by atoms with E-state index in [1.165, 1.54) is 6.21 Å². The lowest BCUT2D eigenvalue weighted by atomic mass is 9.55. The van der Waals surface area contributed by atoms with Crippen molar-refractivity contribution in [3.63, 3.8) is 0 Å². The van der Waals surface area contributed by atoms with Gasteiger partial charge >= 0.3 is 11.9 Å². The SMILES string of the molecule is O=C(O)C1(C(=O)O)CC2CN=CC21. The third-order valence-electron chi connectivity index (χ3n) is 3.03. The summed E-state index contributed by atoms with van der Waals surface area (Å²) in [6.45, 7) is 0.576. The zero-order chi connectivity index (χ0) is 9.64. The van der Waals surface area contributed by atoms with Gasteiger partial charge in [0.25, 0.3) is 0 Å². The first kappa shape index (κ1) is 8.22. The fourth-order valence-electron chi connectivity index (χ4n) is 2.21. The molecule has 0 bridgehead atoms. The summed E-state index contributed by atoms with van der Waals surface area (Å²) < 4.78 is 0. The summed E-state index contributed by atoms with van der Waals surface area (Å²) in [6, 6.07) is 0. The van der Waals surface area contributed by atoms with Crippen molar-refractivity contribution in [2.75, 3.05) is 6.54 Å². The number of carbonyl (C=O) groups is 2. The summed E-state index contributed by atoms with van der Waals surface area (Å²) >= 11 is 0. The molecule has 1 aliphatic carbocycles. The van der Waals surface area contributed by atoms with Crippen LogP contribution >= 0.6 is 0 Å². The highest BCUT2D eigenvalue weighted by atomic mass is 16.4. The Labute approximate surface area is 74.1 Å². The van der Waals surface area contributed by atoms with Gasteiger partial charge in [0.05, 0.1) is 0 Å². The van der Waals surface area contributed by atoms with Crippen LogP contribution < -0.4 is 0 Å². The van der Waals surface area contributed by atoms with E-state index in [1.807, 2.05) is 0 Å². The molecule has 13 heavy (non-hydrogen) atoms. The lowest BCUT2D eigenvalue weighted by molar-refractivity contribution is -0.179. The predicted molar refractivity (Wildman–Crippen MR) is 42.7 cm³/mol. The monoisotopic (exact) mass is 183 g/mol. The highest BCUT2D eigenvalue weighted by Gasteiger charge is 2.65. The van der Waals surface area contributed by atoms with Gasteiger partial charge in [0.1, 0.15) is 0 Å². The molecule has 2 N–H and O–H groups in total. The summed E-state index contributed by atoms with van der Waals surface area (Å²) in [6.07, 6.45) is 1.69. The molecule has 1 saturated carbocycles. The van der Waals surface area contributed by atoms with Crippen LogP contribution in [0.5, 0.6) is 0 Å². The first-order valence-corrected chi connectivity index (χ1v) is 4.06. The number of carboxylic acids is 2. The van der Waals surface area contributed by atoms with Crippen molar-refractivity contribution in [1.29, 1.82) is 0 Å². The van der Waals surface area contributed by atoms with Crippen LogP contribution in [0.4, 0.5) is 0 Å². The molecule has 0 spiro atoms. The zero-order valence-electron chi connectivity index (χ0n) is 6.80. The van der Waals surface area contributed by atoms with Gasteiger partial charge in [0.15, 0.2) is 5.41 Å². The minimum absolute atomic E-state index is 0.132. The highest BCUT2D eigenvalue weighted by molar-refractivity contribution is 6.03. The second-order valence-corrected chi connectivity index (χ2v) is 3.59. The molecule has 5 heteroatoms. The molecule has 2 aliphatic rings. The molecule has 2 unspecified atom stereocenters. The Balaban J connectivity index is 2.32. The number of aliphatic imine (C=N–C) groups is 1. The molecule has 70 valence electrons. The standard InChI is InChI=1S/C8H9NO4/c10-6(11)8(7(12)13)1-4-2-9-3-5(4)8/h3-5H,1-2H2,(H,10,11)(H,12,13). The minimum atomic E-state index is -1.59. The first-order chi connectivity index (χ1) is 6.09. The fourth-order valence-corrected chi connectivity index (χ4v) is 2.21. The molecule has 0 radical (unpaired) electrons. The predicted octanol–water partition coefficient (Wildman–Crippen LogP) is -0.137. The van der Waals surface area contributed by atoms with Crippen LogP contribution in [-0.4, -0.2) is 34.9 Å². The van der Waals surface area contributed by atoms with Crippen LogP contribution in [-0.2, 0) is 9.59 Å². The number of rotatable bonds is 2. The van der Waals surface area contributed by atoms with Crippen LogP contribution in [0.2, 0.25) is 0 Å². The summed E-state index contributed by atoms with van der Waals surface area (Å²) in [4.78, 5) is 25.6. The summed E-state index contributed by atoms with van der Waals surface area (Å²) in [5.41, 5.74) is -1.59. The van der Waals surface area contributed by atoms with Gasteiger partial charge in [0.2, 0.25) is 0 Å². The first-order valence-electron chi connectivity index (χ1n) is 4.06. The van der Waals surface area contributed by atoms with Crippen molar-refractivity contribution >= 4 is 18.2 Å². The lowest BCUT2D eigenvalue weighted by Gasteiger charge is -2.44. The van der Waals surface area contributed by atoms with Gasteiger partial charge in [-0.15, -0.1) is 0 Å². The number of aliphatic carboxylic acids is 2. The van der Waals surface area contributed by atoms with Crippen molar-refractivity contribution in [3.8, 4) is 0 Å². The molecule has 2 rings (SSSR count). The van der Waals surface area contributed by atoms with Gasteiger partial charge < -0.3 is 10.2 Å². The van der Waals surface area contributed by atoms with Crippen LogP contribution in [0.15, 0.2) is 4.99 Å². The Bertz CT molecular complexity index is 295. The Morgan fingerprint density at radius 2 is 2.00 bits per heavy atom. The van der Waals surface area contributed by atoms with E-state index >= 15 is 0 Å². The summed E-state index contributed by atoms with van der Waals surface area (Å²) in [5.74, 6) is -2.75. The number of carboxylic acid groups (broad SMARTS) is 2. The summed E-state index contributed by atoms with van der Waals surface area (Å²) in [7, 11) is 0. The molecular formula is C8H9NO4. The smallest absolute Gasteiger partial charge is 0.321 e. The summed E-state index contributed by atoms with van der Waals surface area (Å²) in [5, 5.41) is 17.7. The van der Waals surface area contributed by atoms with Gasteiger partial charge in [-0.3, -0.25) is 14.6 Å². The van der Waals surface area contributed by atoms with E-state index in [1.54, 1.807) is 0 Å². The maximum absolute atomic E-state index is 10.8. The normalized spacial score (nSPS) is 33.5. The van der Waals surface area contributed by atoms with Crippen molar-refractivity contribution in [3.05, 3.63) is 0 Å². The maximum Gasteiger partial charge on any atom is 0.321 e. The number of hydrogen-bond acceptors (Lipinski definition) is 3. The Morgan fingerprint density at radius 3 is 2.46 bits per heavy atom. The third-order valence-corrected chi connectivity index (χ3v) is 3.03. The topological polar surface area (TPSA) is 87.0 Å². The molecule has 0 aromatic rings. The maximum atomic E-state index is 10.8.